The molecule has 0 heteroatoms. The van der Waals surface area contributed by atoms with Crippen LogP contribution in [0.3, 0.4) is 0 Å². The van der Waals surface area contributed by atoms with Gasteiger partial charge in [-0.25, -0.2) is 0 Å². The van der Waals surface area contributed by atoms with Gasteiger partial charge < -0.3 is 0 Å². The zero-order valence-corrected chi connectivity index (χ0v) is 17.7. The van der Waals surface area contributed by atoms with Crippen LogP contribution in [-0.2, 0) is 0 Å². The summed E-state index contributed by atoms with van der Waals surface area (Å²) < 4.78 is 0. The Labute approximate surface area is 176 Å². The molecule has 2 aliphatic rings. The van der Waals surface area contributed by atoms with Crippen LogP contribution in [0.4, 0.5) is 0 Å². The van der Waals surface area contributed by atoms with Crippen LogP contribution in [0.15, 0.2) is 77.9 Å². The van der Waals surface area contributed by atoms with E-state index >= 15 is 0 Å². The lowest BCUT2D eigenvalue weighted by Crippen LogP contribution is -1.81. The highest BCUT2D eigenvalue weighted by atomic mass is 14.2. The van der Waals surface area contributed by atoms with Crippen LogP contribution < -0.4 is 0 Å². The number of terminal acetylenes is 2. The van der Waals surface area contributed by atoms with Gasteiger partial charge >= 0.3 is 0 Å². The average molecular weight is 377 g/mol. The van der Waals surface area contributed by atoms with Crippen LogP contribution in [0.5, 0.6) is 0 Å². The zero-order chi connectivity index (χ0) is 21.2. The molecule has 0 atom stereocenters. The Hall–Kier alpha value is -3.48. The van der Waals surface area contributed by atoms with Gasteiger partial charge in [0, 0.05) is 0 Å². The number of rotatable bonds is 6. The van der Waals surface area contributed by atoms with E-state index in [0.29, 0.717) is 5.92 Å². The van der Waals surface area contributed by atoms with E-state index in [9.17, 15) is 0 Å². The maximum Gasteiger partial charge on any atom is -0.00135 e. The van der Waals surface area contributed by atoms with Crippen LogP contribution in [0.25, 0.3) is 23.3 Å². The predicted octanol–water partition coefficient (Wildman–Crippen LogP) is 7.66. The molecule has 0 amide bonds. The standard InChI is InChI=1S/C29H28/c1-7-23(5)13-10-9-11-15-26-21-27-18-17-25(22(3)4)19-20-29(27)28(26)16-12-14-24(6)8-2/h1-2,9-22H,3-6H3/b10-9+,15-11+,16-12-,23-13-,24-14+. The van der Waals surface area contributed by atoms with Crippen molar-refractivity contribution in [2.45, 2.75) is 33.6 Å². The highest BCUT2D eigenvalue weighted by Gasteiger charge is 2.11. The number of hydrogen-bond acceptors (Lipinski definition) is 0. The molecule has 0 saturated heterocycles. The van der Waals surface area contributed by atoms with Crippen molar-refractivity contribution in [1.29, 1.82) is 0 Å². The van der Waals surface area contributed by atoms with E-state index in [1.807, 2.05) is 50.3 Å². The lowest BCUT2D eigenvalue weighted by atomic mass is 10.1. The fourth-order valence-electron chi connectivity index (χ4n) is 2.90. The lowest BCUT2D eigenvalue weighted by molar-refractivity contribution is 0.868. The van der Waals surface area contributed by atoms with Crippen molar-refractivity contribution >= 4 is 12.2 Å². The monoisotopic (exact) mass is 376 g/mol. The highest BCUT2D eigenvalue weighted by Crippen LogP contribution is 2.34. The predicted molar refractivity (Wildman–Crippen MR) is 130 cm³/mol. The summed E-state index contributed by atoms with van der Waals surface area (Å²) in [5, 5.41) is 0. The summed E-state index contributed by atoms with van der Waals surface area (Å²) >= 11 is 0. The molecule has 2 rings (SSSR count). The third-order valence-corrected chi connectivity index (χ3v) is 4.70. The Balaban J connectivity index is 2.48. The molecule has 0 spiro atoms. The van der Waals surface area contributed by atoms with Gasteiger partial charge in [0.1, 0.15) is 0 Å². The zero-order valence-electron chi connectivity index (χ0n) is 17.7. The van der Waals surface area contributed by atoms with Gasteiger partial charge in [0.25, 0.3) is 0 Å². The topological polar surface area (TPSA) is 0 Å². The summed E-state index contributed by atoms with van der Waals surface area (Å²) in [6, 6.07) is 11.1. The minimum Gasteiger partial charge on any atom is -0.115 e. The second kappa shape index (κ2) is 10.8. The Morgan fingerprint density at radius 3 is 2.14 bits per heavy atom. The summed E-state index contributed by atoms with van der Waals surface area (Å²) in [5.74, 6) is 5.76. The third kappa shape index (κ3) is 6.27. The Kier molecular flexibility index (Phi) is 8.09. The molecule has 0 fully saturated rings. The molecule has 144 valence electrons. The van der Waals surface area contributed by atoms with Crippen molar-refractivity contribution < 1.29 is 0 Å². The van der Waals surface area contributed by atoms with Crippen LogP contribution in [0.1, 0.15) is 50.3 Å². The number of fused-ring (bicyclic) bond motifs is 1. The van der Waals surface area contributed by atoms with E-state index in [1.54, 1.807) is 0 Å². The highest BCUT2D eigenvalue weighted by molar-refractivity contribution is 5.86. The molecule has 0 aromatic heterocycles. The first-order valence-electron chi connectivity index (χ1n) is 9.82. The average Bonchev–Trinajstić information content (AvgIpc) is 2.89. The van der Waals surface area contributed by atoms with Gasteiger partial charge in [-0.3, -0.25) is 0 Å². The van der Waals surface area contributed by atoms with Crippen molar-refractivity contribution in [2.75, 3.05) is 0 Å². The number of hydrogen-bond donors (Lipinski definition) is 0. The fraction of sp³-hybridized carbons (Fsp3) is 0.172. The molecular formula is C29H28. The summed E-state index contributed by atoms with van der Waals surface area (Å²) in [7, 11) is 0. The molecule has 29 heavy (non-hydrogen) atoms. The lowest BCUT2D eigenvalue weighted by Gasteiger charge is -2.00. The molecule has 0 N–H and O–H groups in total. The Morgan fingerprint density at radius 2 is 1.48 bits per heavy atom. The quantitative estimate of drug-likeness (QED) is 0.358. The van der Waals surface area contributed by atoms with Crippen molar-refractivity contribution in [2.24, 2.45) is 0 Å². The first-order valence-corrected chi connectivity index (χ1v) is 9.82. The minimum atomic E-state index is 0.496. The SMILES string of the molecule is C#C\C(C)=C/C=C/C=C/c1cc2ccc(C(C)C)ccc-2c1/C=C\C=C(/C)C#C. The Morgan fingerprint density at radius 1 is 0.828 bits per heavy atom. The first-order chi connectivity index (χ1) is 14.0. The number of allylic oxidation sites excluding steroid dienone is 8. The van der Waals surface area contributed by atoms with Crippen LogP contribution in [0, 0.1) is 24.7 Å². The minimum absolute atomic E-state index is 0.496. The molecule has 0 unspecified atom stereocenters. The van der Waals surface area contributed by atoms with Crippen LogP contribution in [-0.4, -0.2) is 0 Å². The molecule has 0 nitrogen and oxygen atoms in total. The molecule has 0 heterocycles. The normalized spacial score (nSPS) is 13.1. The van der Waals surface area contributed by atoms with Crippen LogP contribution >= 0.6 is 0 Å². The van der Waals surface area contributed by atoms with Gasteiger partial charge in [0.2, 0.25) is 0 Å². The van der Waals surface area contributed by atoms with Crippen molar-refractivity contribution in [1.82, 2.24) is 0 Å². The van der Waals surface area contributed by atoms with E-state index in [1.165, 1.54) is 27.8 Å². The van der Waals surface area contributed by atoms with Gasteiger partial charge in [0.15, 0.2) is 0 Å². The largest absolute Gasteiger partial charge is 0.115 e. The third-order valence-electron chi connectivity index (χ3n) is 4.70. The van der Waals surface area contributed by atoms with Crippen molar-refractivity contribution in [3.63, 3.8) is 0 Å². The molecule has 0 aromatic rings. The molecular weight excluding hydrogens is 348 g/mol. The van der Waals surface area contributed by atoms with Gasteiger partial charge in [-0.05, 0) is 64.8 Å². The van der Waals surface area contributed by atoms with Crippen molar-refractivity contribution in [3.8, 4) is 35.8 Å². The van der Waals surface area contributed by atoms with Crippen LogP contribution in [0.2, 0.25) is 0 Å². The van der Waals surface area contributed by atoms with E-state index in [-0.39, 0.29) is 0 Å². The summed E-state index contributed by atoms with van der Waals surface area (Å²) in [5.41, 5.74) is 7.94. The van der Waals surface area contributed by atoms with E-state index in [2.05, 4.69) is 68.2 Å². The smallest absolute Gasteiger partial charge is 0.00135 e. The molecule has 0 saturated carbocycles. The molecule has 0 bridgehead atoms. The van der Waals surface area contributed by atoms with E-state index in [4.69, 9.17) is 12.8 Å². The maximum absolute atomic E-state index is 5.45. The second-order valence-electron chi connectivity index (χ2n) is 7.29. The molecule has 0 radical (unpaired) electrons. The first kappa shape index (κ1) is 21.8. The summed E-state index contributed by atoms with van der Waals surface area (Å²) in [4.78, 5) is 0. The second-order valence-corrected chi connectivity index (χ2v) is 7.29. The van der Waals surface area contributed by atoms with E-state index < -0.39 is 0 Å². The van der Waals surface area contributed by atoms with Crippen molar-refractivity contribution in [3.05, 3.63) is 94.6 Å². The Bertz CT molecular complexity index is 1050. The summed E-state index contributed by atoms with van der Waals surface area (Å²) in [6.07, 6.45) is 27.0. The fourth-order valence-corrected chi connectivity index (χ4v) is 2.90. The van der Waals surface area contributed by atoms with Gasteiger partial charge in [-0.1, -0.05) is 98.6 Å². The molecule has 0 aromatic carbocycles. The maximum atomic E-state index is 5.45. The molecule has 2 aliphatic carbocycles. The molecule has 0 aliphatic heterocycles. The summed E-state index contributed by atoms with van der Waals surface area (Å²) in [6.45, 7) is 8.27. The van der Waals surface area contributed by atoms with Gasteiger partial charge in [-0.2, -0.15) is 0 Å². The van der Waals surface area contributed by atoms with Gasteiger partial charge in [-0.15, -0.1) is 12.8 Å². The van der Waals surface area contributed by atoms with Gasteiger partial charge in [0.05, 0.1) is 0 Å². The van der Waals surface area contributed by atoms with E-state index in [0.717, 1.165) is 11.1 Å².